The third kappa shape index (κ3) is 4.30. The summed E-state index contributed by atoms with van der Waals surface area (Å²) in [6.45, 7) is 11.1. The van der Waals surface area contributed by atoms with Gasteiger partial charge in [-0.05, 0) is 44.0 Å². The Bertz CT molecular complexity index is 996. The Kier molecular flexibility index (Phi) is 6.01. The van der Waals surface area contributed by atoms with Crippen molar-refractivity contribution in [3.63, 3.8) is 0 Å². The maximum atomic E-state index is 13.2. The number of carbonyl (C=O) groups excluding carboxylic acids is 2. The van der Waals surface area contributed by atoms with E-state index in [0.29, 0.717) is 38.3 Å². The smallest absolute Gasteiger partial charge is 0.257 e. The lowest BCUT2D eigenvalue weighted by atomic mass is 9.96. The molecule has 0 unspecified atom stereocenters. The molecular formula is C25H31N3O3. The van der Waals surface area contributed by atoms with Gasteiger partial charge in [-0.25, -0.2) is 0 Å². The summed E-state index contributed by atoms with van der Waals surface area (Å²) in [5.74, 6) is 1.02. The van der Waals surface area contributed by atoms with Gasteiger partial charge in [-0.2, -0.15) is 0 Å². The summed E-state index contributed by atoms with van der Waals surface area (Å²) in [4.78, 5) is 29.6. The van der Waals surface area contributed by atoms with E-state index in [1.54, 1.807) is 0 Å². The molecule has 2 aliphatic rings. The Morgan fingerprint density at radius 3 is 2.48 bits per heavy atom. The minimum absolute atomic E-state index is 0.0117. The number of fused-ring (bicyclic) bond motifs is 1. The molecule has 2 aliphatic heterocycles. The molecule has 6 nitrogen and oxygen atoms in total. The maximum Gasteiger partial charge on any atom is 0.257 e. The van der Waals surface area contributed by atoms with Crippen molar-refractivity contribution in [3.05, 3.63) is 58.7 Å². The van der Waals surface area contributed by atoms with E-state index in [1.165, 1.54) is 0 Å². The van der Waals surface area contributed by atoms with Crippen LogP contribution < -0.4 is 10.1 Å². The first kappa shape index (κ1) is 21.4. The third-order valence-electron chi connectivity index (χ3n) is 6.68. The number of benzene rings is 2. The van der Waals surface area contributed by atoms with Gasteiger partial charge in [0.15, 0.2) is 0 Å². The second-order valence-electron chi connectivity index (χ2n) is 8.70. The molecule has 2 aromatic rings. The summed E-state index contributed by atoms with van der Waals surface area (Å²) in [5, 5.41) is 3.02. The van der Waals surface area contributed by atoms with Crippen LogP contribution in [-0.2, 0) is 4.79 Å². The lowest BCUT2D eigenvalue weighted by molar-refractivity contribution is -0.117. The molecule has 0 aromatic heterocycles. The first-order valence-corrected chi connectivity index (χ1v) is 11.0. The van der Waals surface area contributed by atoms with E-state index in [2.05, 4.69) is 17.1 Å². The zero-order valence-corrected chi connectivity index (χ0v) is 18.8. The molecule has 164 valence electrons. The molecule has 0 spiro atoms. The van der Waals surface area contributed by atoms with Gasteiger partial charge >= 0.3 is 0 Å². The van der Waals surface area contributed by atoms with Gasteiger partial charge in [-0.3, -0.25) is 14.5 Å². The Morgan fingerprint density at radius 1 is 1.03 bits per heavy atom. The van der Waals surface area contributed by atoms with Crippen molar-refractivity contribution < 1.29 is 14.3 Å². The lowest BCUT2D eigenvalue weighted by Gasteiger charge is -2.34. The molecule has 2 amide bonds. The number of nitrogens with zero attached hydrogens (tertiary/aromatic N) is 2. The fourth-order valence-corrected chi connectivity index (χ4v) is 4.31. The summed E-state index contributed by atoms with van der Waals surface area (Å²) in [6, 6.07) is 11.8. The summed E-state index contributed by atoms with van der Waals surface area (Å²) in [5.41, 5.74) is 4.87. The molecule has 0 bridgehead atoms. The number of anilines is 1. The van der Waals surface area contributed by atoms with Crippen molar-refractivity contribution in [2.24, 2.45) is 0 Å². The predicted molar refractivity (Wildman–Crippen MR) is 122 cm³/mol. The van der Waals surface area contributed by atoms with Crippen LogP contribution >= 0.6 is 0 Å². The highest BCUT2D eigenvalue weighted by atomic mass is 16.5. The SMILES string of the molecule is Cc1cccc(NC(=O)CN2CCN(C(=O)c3cccc4c3O[C@H](C)[C@H]4C)CC2)c1C. The monoisotopic (exact) mass is 421 g/mol. The van der Waals surface area contributed by atoms with Gasteiger partial charge in [0.25, 0.3) is 5.91 Å². The van der Waals surface area contributed by atoms with Crippen molar-refractivity contribution in [2.75, 3.05) is 38.0 Å². The standard InChI is InChI=1S/C25H31N3O3/c1-16-7-5-10-22(17(16)2)26-23(29)15-27-11-13-28(14-12-27)25(30)21-9-6-8-20-18(3)19(4)31-24(20)21/h5-10,18-19H,11-15H2,1-4H3,(H,26,29)/t18-,19-/m1/s1. The number of rotatable bonds is 4. The lowest BCUT2D eigenvalue weighted by Crippen LogP contribution is -2.50. The second-order valence-corrected chi connectivity index (χ2v) is 8.70. The summed E-state index contributed by atoms with van der Waals surface area (Å²) in [7, 11) is 0. The molecule has 0 radical (unpaired) electrons. The fraction of sp³-hybridized carbons (Fsp3) is 0.440. The van der Waals surface area contributed by atoms with E-state index in [-0.39, 0.29) is 23.8 Å². The Balaban J connectivity index is 1.34. The molecule has 2 atom stereocenters. The summed E-state index contributed by atoms with van der Waals surface area (Å²) >= 11 is 0. The zero-order valence-electron chi connectivity index (χ0n) is 18.8. The molecule has 2 heterocycles. The highest BCUT2D eigenvalue weighted by Gasteiger charge is 2.33. The number of hydrogen-bond donors (Lipinski definition) is 1. The third-order valence-corrected chi connectivity index (χ3v) is 6.68. The van der Waals surface area contributed by atoms with E-state index in [4.69, 9.17) is 4.74 Å². The van der Waals surface area contributed by atoms with Gasteiger partial charge in [0.05, 0.1) is 12.1 Å². The molecular weight excluding hydrogens is 390 g/mol. The summed E-state index contributed by atoms with van der Waals surface area (Å²) < 4.78 is 6.00. The number of aryl methyl sites for hydroxylation is 1. The van der Waals surface area contributed by atoms with Crippen LogP contribution in [-0.4, -0.2) is 60.4 Å². The van der Waals surface area contributed by atoms with Crippen molar-refractivity contribution in [3.8, 4) is 5.75 Å². The van der Waals surface area contributed by atoms with E-state index in [1.807, 2.05) is 62.1 Å². The van der Waals surface area contributed by atoms with Gasteiger partial charge in [0, 0.05) is 43.3 Å². The first-order valence-electron chi connectivity index (χ1n) is 11.0. The molecule has 1 N–H and O–H groups in total. The van der Waals surface area contributed by atoms with Crippen molar-refractivity contribution in [1.29, 1.82) is 0 Å². The van der Waals surface area contributed by atoms with Crippen molar-refractivity contribution in [1.82, 2.24) is 9.80 Å². The van der Waals surface area contributed by atoms with E-state index in [9.17, 15) is 9.59 Å². The van der Waals surface area contributed by atoms with Crippen LogP contribution in [0.1, 0.15) is 46.8 Å². The number of nitrogens with one attached hydrogen (secondary N) is 1. The van der Waals surface area contributed by atoms with Crippen molar-refractivity contribution in [2.45, 2.75) is 39.7 Å². The van der Waals surface area contributed by atoms with Gasteiger partial charge in [0.2, 0.25) is 5.91 Å². The Hall–Kier alpha value is -2.86. The molecule has 0 saturated carbocycles. The number of amides is 2. The van der Waals surface area contributed by atoms with Crippen molar-refractivity contribution >= 4 is 17.5 Å². The molecule has 4 rings (SSSR count). The van der Waals surface area contributed by atoms with Crippen LogP contribution in [0, 0.1) is 13.8 Å². The highest BCUT2D eigenvalue weighted by Crippen LogP contribution is 2.40. The largest absolute Gasteiger partial charge is 0.489 e. The number of piperazine rings is 1. The van der Waals surface area contributed by atoms with Crippen LogP contribution in [0.3, 0.4) is 0 Å². The van der Waals surface area contributed by atoms with E-state index >= 15 is 0 Å². The predicted octanol–water partition coefficient (Wildman–Crippen LogP) is 3.58. The average molecular weight is 422 g/mol. The maximum absolute atomic E-state index is 13.2. The minimum Gasteiger partial charge on any atom is -0.489 e. The Labute approximate surface area is 184 Å². The van der Waals surface area contributed by atoms with E-state index in [0.717, 1.165) is 28.1 Å². The minimum atomic E-state index is -0.0225. The van der Waals surface area contributed by atoms with Crippen LogP contribution in [0.25, 0.3) is 0 Å². The fourth-order valence-electron chi connectivity index (χ4n) is 4.31. The molecule has 31 heavy (non-hydrogen) atoms. The van der Waals surface area contributed by atoms with Crippen LogP contribution in [0.2, 0.25) is 0 Å². The van der Waals surface area contributed by atoms with E-state index < -0.39 is 0 Å². The first-order chi connectivity index (χ1) is 14.8. The van der Waals surface area contributed by atoms with Gasteiger partial charge < -0.3 is 15.0 Å². The zero-order chi connectivity index (χ0) is 22.1. The molecule has 6 heteroatoms. The average Bonchev–Trinajstić information content (AvgIpc) is 3.05. The number of hydrogen-bond acceptors (Lipinski definition) is 4. The normalized spacial score (nSPS) is 20.8. The number of para-hydroxylation sites is 1. The number of carbonyl (C=O) groups is 2. The quantitative estimate of drug-likeness (QED) is 0.820. The topological polar surface area (TPSA) is 61.9 Å². The van der Waals surface area contributed by atoms with Gasteiger partial charge in [0.1, 0.15) is 11.9 Å². The number of ether oxygens (including phenoxy) is 1. The Morgan fingerprint density at radius 2 is 1.74 bits per heavy atom. The second kappa shape index (κ2) is 8.71. The van der Waals surface area contributed by atoms with Gasteiger partial charge in [-0.15, -0.1) is 0 Å². The molecule has 1 saturated heterocycles. The van der Waals surface area contributed by atoms with Crippen LogP contribution in [0.4, 0.5) is 5.69 Å². The summed E-state index contributed by atoms with van der Waals surface area (Å²) in [6.07, 6.45) is 0.0800. The van der Waals surface area contributed by atoms with Crippen LogP contribution in [0.15, 0.2) is 36.4 Å². The molecule has 0 aliphatic carbocycles. The molecule has 1 fully saturated rings. The molecule has 2 aromatic carbocycles. The highest BCUT2D eigenvalue weighted by molar-refractivity contribution is 5.98. The van der Waals surface area contributed by atoms with Gasteiger partial charge in [-0.1, -0.05) is 31.2 Å². The van der Waals surface area contributed by atoms with Crippen LogP contribution in [0.5, 0.6) is 5.75 Å².